The van der Waals surface area contributed by atoms with Crippen LogP contribution in [0.1, 0.15) is 33.1 Å². The molecule has 1 fully saturated rings. The van der Waals surface area contributed by atoms with Crippen LogP contribution in [0.2, 0.25) is 0 Å². The Balaban J connectivity index is 2.72. The average molecular weight is 191 g/mol. The van der Waals surface area contributed by atoms with Crippen LogP contribution in [0.4, 0.5) is 0 Å². The van der Waals surface area contributed by atoms with Gasteiger partial charge in [-0.3, -0.25) is 4.79 Å². The quantitative estimate of drug-likeness (QED) is 0.640. The van der Waals surface area contributed by atoms with Crippen LogP contribution in [0.25, 0.3) is 0 Å². The van der Waals surface area contributed by atoms with Gasteiger partial charge in [-0.15, -0.1) is 11.6 Å². The zero-order valence-corrected chi connectivity index (χ0v) is 8.27. The predicted octanol–water partition coefficient (Wildman–Crippen LogP) is 1.73. The van der Waals surface area contributed by atoms with Crippen molar-refractivity contribution in [2.24, 2.45) is 5.92 Å². The topological polar surface area (TPSA) is 37.3 Å². The standard InChI is InChI=1S/C9H15ClO2/c1-6-3-4-9(12,7(2)11)8(10)5-6/h6,8,12H,3-5H2,1-2H3. The van der Waals surface area contributed by atoms with Crippen LogP contribution in [0.15, 0.2) is 0 Å². The summed E-state index contributed by atoms with van der Waals surface area (Å²) in [6.07, 6.45) is 2.13. The van der Waals surface area contributed by atoms with Crippen LogP contribution < -0.4 is 0 Å². The summed E-state index contributed by atoms with van der Waals surface area (Å²) in [5.41, 5.74) is -1.26. The first-order valence-electron chi connectivity index (χ1n) is 4.34. The van der Waals surface area contributed by atoms with Crippen LogP contribution >= 0.6 is 11.6 Å². The molecule has 0 spiro atoms. The van der Waals surface area contributed by atoms with Gasteiger partial charge in [0.2, 0.25) is 0 Å². The van der Waals surface area contributed by atoms with E-state index in [4.69, 9.17) is 11.6 Å². The minimum atomic E-state index is -1.26. The zero-order valence-electron chi connectivity index (χ0n) is 7.51. The van der Waals surface area contributed by atoms with Gasteiger partial charge in [-0.2, -0.15) is 0 Å². The van der Waals surface area contributed by atoms with Crippen LogP contribution in [0.3, 0.4) is 0 Å². The highest BCUT2D eigenvalue weighted by Gasteiger charge is 2.43. The molecule has 0 heterocycles. The number of aliphatic hydroxyl groups is 1. The van der Waals surface area contributed by atoms with E-state index in [1.54, 1.807) is 0 Å². The highest BCUT2D eigenvalue weighted by Crippen LogP contribution is 2.36. The molecule has 12 heavy (non-hydrogen) atoms. The molecule has 70 valence electrons. The number of hydrogen-bond donors (Lipinski definition) is 1. The molecule has 0 aromatic rings. The summed E-state index contributed by atoms with van der Waals surface area (Å²) < 4.78 is 0. The molecular formula is C9H15ClO2. The van der Waals surface area contributed by atoms with Crippen molar-refractivity contribution in [3.63, 3.8) is 0 Å². The Morgan fingerprint density at radius 1 is 1.67 bits per heavy atom. The van der Waals surface area contributed by atoms with Gasteiger partial charge in [0.05, 0.1) is 5.38 Å². The average Bonchev–Trinajstić information content (AvgIpc) is 1.97. The Bertz CT molecular complexity index is 193. The molecule has 0 radical (unpaired) electrons. The molecule has 1 saturated carbocycles. The molecule has 1 aliphatic carbocycles. The first-order chi connectivity index (χ1) is 5.47. The van der Waals surface area contributed by atoms with E-state index < -0.39 is 11.0 Å². The molecule has 0 bridgehead atoms. The van der Waals surface area contributed by atoms with Gasteiger partial charge in [-0.25, -0.2) is 0 Å². The zero-order chi connectivity index (χ0) is 9.35. The fraction of sp³-hybridized carbons (Fsp3) is 0.889. The van der Waals surface area contributed by atoms with E-state index in [0.29, 0.717) is 12.3 Å². The lowest BCUT2D eigenvalue weighted by Gasteiger charge is -2.37. The van der Waals surface area contributed by atoms with Gasteiger partial charge < -0.3 is 5.11 Å². The van der Waals surface area contributed by atoms with E-state index in [1.165, 1.54) is 6.92 Å². The third-order valence-electron chi connectivity index (χ3n) is 2.76. The van der Waals surface area contributed by atoms with Gasteiger partial charge in [-0.1, -0.05) is 6.92 Å². The number of carbonyl (C=O) groups is 1. The molecule has 1 rings (SSSR count). The van der Waals surface area contributed by atoms with Gasteiger partial charge in [0.1, 0.15) is 5.60 Å². The number of hydrogen-bond acceptors (Lipinski definition) is 2. The Kier molecular flexibility index (Phi) is 2.79. The number of carbonyl (C=O) groups excluding carboxylic acids is 1. The summed E-state index contributed by atoms with van der Waals surface area (Å²) in [6, 6.07) is 0. The largest absolute Gasteiger partial charge is 0.381 e. The minimum absolute atomic E-state index is 0.200. The fourth-order valence-corrected chi connectivity index (χ4v) is 2.25. The van der Waals surface area contributed by atoms with Gasteiger partial charge in [0.25, 0.3) is 0 Å². The van der Waals surface area contributed by atoms with Crippen molar-refractivity contribution >= 4 is 17.4 Å². The third kappa shape index (κ3) is 1.64. The summed E-state index contributed by atoms with van der Waals surface area (Å²) in [5.74, 6) is 0.321. The highest BCUT2D eigenvalue weighted by molar-refractivity contribution is 6.23. The van der Waals surface area contributed by atoms with E-state index in [-0.39, 0.29) is 5.78 Å². The maximum Gasteiger partial charge on any atom is 0.162 e. The lowest BCUT2D eigenvalue weighted by molar-refractivity contribution is -0.138. The monoisotopic (exact) mass is 190 g/mol. The maximum absolute atomic E-state index is 11.1. The van der Waals surface area contributed by atoms with Gasteiger partial charge in [0, 0.05) is 0 Å². The molecule has 1 aliphatic rings. The van der Waals surface area contributed by atoms with Gasteiger partial charge in [0.15, 0.2) is 5.78 Å². The summed E-state index contributed by atoms with van der Waals surface area (Å²) >= 11 is 5.94. The Hall–Kier alpha value is -0.0800. The normalized spacial score (nSPS) is 42.7. The van der Waals surface area contributed by atoms with Crippen molar-refractivity contribution in [1.29, 1.82) is 0 Å². The van der Waals surface area contributed by atoms with Crippen molar-refractivity contribution < 1.29 is 9.90 Å². The van der Waals surface area contributed by atoms with Crippen LogP contribution in [0, 0.1) is 5.92 Å². The van der Waals surface area contributed by atoms with E-state index in [2.05, 4.69) is 6.92 Å². The second-order valence-corrected chi connectivity index (χ2v) is 4.35. The van der Waals surface area contributed by atoms with Crippen molar-refractivity contribution in [1.82, 2.24) is 0 Å². The van der Waals surface area contributed by atoms with Crippen LogP contribution in [-0.2, 0) is 4.79 Å². The van der Waals surface area contributed by atoms with E-state index in [9.17, 15) is 9.90 Å². The molecule has 0 aromatic heterocycles. The second kappa shape index (κ2) is 3.35. The smallest absolute Gasteiger partial charge is 0.162 e. The lowest BCUT2D eigenvalue weighted by Crippen LogP contribution is -2.49. The SMILES string of the molecule is CC(=O)C1(O)CCC(C)CC1Cl. The number of Topliss-reactive ketones (excluding diaryl/α,β-unsaturated/α-hetero) is 1. The molecular weight excluding hydrogens is 176 g/mol. The molecule has 3 heteroatoms. The number of ketones is 1. The van der Waals surface area contributed by atoms with Gasteiger partial charge in [-0.05, 0) is 32.1 Å². The third-order valence-corrected chi connectivity index (χ3v) is 3.29. The maximum atomic E-state index is 11.1. The summed E-state index contributed by atoms with van der Waals surface area (Å²) in [4.78, 5) is 11.1. The van der Waals surface area contributed by atoms with E-state index >= 15 is 0 Å². The van der Waals surface area contributed by atoms with Crippen molar-refractivity contribution in [2.45, 2.75) is 44.1 Å². The molecule has 1 N–H and O–H groups in total. The highest BCUT2D eigenvalue weighted by atomic mass is 35.5. The number of alkyl halides is 1. The van der Waals surface area contributed by atoms with Crippen molar-refractivity contribution in [3.05, 3.63) is 0 Å². The fourth-order valence-electron chi connectivity index (χ4n) is 1.69. The lowest BCUT2D eigenvalue weighted by atomic mass is 9.77. The predicted molar refractivity (Wildman–Crippen MR) is 48.3 cm³/mol. The molecule has 2 nitrogen and oxygen atoms in total. The molecule has 0 aromatic carbocycles. The Labute approximate surface area is 77.9 Å². The molecule has 0 saturated heterocycles. The van der Waals surface area contributed by atoms with Crippen molar-refractivity contribution in [2.75, 3.05) is 0 Å². The van der Waals surface area contributed by atoms with Crippen LogP contribution in [0.5, 0.6) is 0 Å². The van der Waals surface area contributed by atoms with E-state index in [0.717, 1.165) is 12.8 Å². The van der Waals surface area contributed by atoms with Crippen molar-refractivity contribution in [3.8, 4) is 0 Å². The molecule has 3 atom stereocenters. The Morgan fingerprint density at radius 2 is 2.25 bits per heavy atom. The number of halogens is 1. The first-order valence-corrected chi connectivity index (χ1v) is 4.78. The summed E-state index contributed by atoms with van der Waals surface area (Å²) in [5, 5.41) is 9.45. The second-order valence-electron chi connectivity index (χ2n) is 3.83. The Morgan fingerprint density at radius 3 is 2.67 bits per heavy atom. The molecule has 0 amide bonds. The number of rotatable bonds is 1. The molecule has 0 aliphatic heterocycles. The summed E-state index contributed by atoms with van der Waals surface area (Å²) in [7, 11) is 0. The molecule has 3 unspecified atom stereocenters. The van der Waals surface area contributed by atoms with Gasteiger partial charge >= 0.3 is 0 Å². The van der Waals surface area contributed by atoms with E-state index in [1.807, 2.05) is 0 Å². The summed E-state index contributed by atoms with van der Waals surface area (Å²) in [6.45, 7) is 3.50. The first kappa shape index (κ1) is 10.0. The minimum Gasteiger partial charge on any atom is -0.381 e. The van der Waals surface area contributed by atoms with Crippen LogP contribution in [-0.4, -0.2) is 21.9 Å².